The molecule has 0 unspecified atom stereocenters. The molecule has 1 rings (SSSR count). The van der Waals surface area contributed by atoms with Crippen LogP contribution in [0.15, 0.2) is 55.2 Å². The molecule has 0 saturated heterocycles. The molecule has 0 radical (unpaired) electrons. The molecule has 0 aliphatic heterocycles. The van der Waals surface area contributed by atoms with E-state index in [0.717, 1.165) is 0 Å². The van der Waals surface area contributed by atoms with E-state index in [-0.39, 0.29) is 0 Å². The van der Waals surface area contributed by atoms with E-state index in [9.17, 15) is 0 Å². The Morgan fingerprint density at radius 2 is 0.889 bits per heavy atom. The van der Waals surface area contributed by atoms with Gasteiger partial charge in [0.15, 0.2) is 0 Å². The second-order valence-electron chi connectivity index (χ2n) is 4.05. The Morgan fingerprint density at radius 1 is 0.667 bits per heavy atom. The fourth-order valence-electron chi connectivity index (χ4n) is 1.33. The molecule has 0 amide bonds. The molecule has 3 heteroatoms. The van der Waals surface area contributed by atoms with Gasteiger partial charge < -0.3 is 14.2 Å². The number of hydrogen-bond acceptors (Lipinski definition) is 3. The van der Waals surface area contributed by atoms with Crippen LogP contribution in [0.2, 0.25) is 0 Å². The standard InChI is InChI=1S/C15H18O3/c1-10(2)16-13-7-14(17-11(3)4)9-15(8-13)18-12(5)6/h7-9H,1,3,5H2,2,4,6H3. The summed E-state index contributed by atoms with van der Waals surface area (Å²) in [6.07, 6.45) is 0. The van der Waals surface area contributed by atoms with Gasteiger partial charge in [0, 0.05) is 18.2 Å². The Morgan fingerprint density at radius 3 is 1.06 bits per heavy atom. The van der Waals surface area contributed by atoms with Crippen LogP contribution in [0.25, 0.3) is 0 Å². The summed E-state index contributed by atoms with van der Waals surface area (Å²) in [4.78, 5) is 0. The molecular formula is C15H18O3. The highest BCUT2D eigenvalue weighted by molar-refractivity contribution is 5.43. The molecule has 0 spiro atoms. The third kappa shape index (κ3) is 4.78. The molecule has 18 heavy (non-hydrogen) atoms. The van der Waals surface area contributed by atoms with Gasteiger partial charge in [-0.15, -0.1) is 0 Å². The first-order chi connectivity index (χ1) is 8.36. The quantitative estimate of drug-likeness (QED) is 0.695. The third-order valence-corrected chi connectivity index (χ3v) is 1.73. The third-order valence-electron chi connectivity index (χ3n) is 1.73. The topological polar surface area (TPSA) is 27.7 Å². The van der Waals surface area contributed by atoms with Crippen molar-refractivity contribution in [3.05, 3.63) is 55.2 Å². The highest BCUT2D eigenvalue weighted by Crippen LogP contribution is 2.30. The SMILES string of the molecule is C=C(C)Oc1cc(OC(=C)C)cc(OC(=C)C)c1. The van der Waals surface area contributed by atoms with Crippen molar-refractivity contribution in [3.63, 3.8) is 0 Å². The monoisotopic (exact) mass is 246 g/mol. The van der Waals surface area contributed by atoms with Crippen molar-refractivity contribution in [2.75, 3.05) is 0 Å². The van der Waals surface area contributed by atoms with E-state index < -0.39 is 0 Å². The van der Waals surface area contributed by atoms with Gasteiger partial charge >= 0.3 is 0 Å². The minimum Gasteiger partial charge on any atom is -0.462 e. The first-order valence-electron chi connectivity index (χ1n) is 5.52. The van der Waals surface area contributed by atoms with Crippen LogP contribution in [-0.4, -0.2) is 0 Å². The number of hydrogen-bond donors (Lipinski definition) is 0. The first kappa shape index (κ1) is 13.9. The number of allylic oxidation sites excluding steroid dienone is 3. The van der Waals surface area contributed by atoms with Crippen LogP contribution < -0.4 is 14.2 Å². The molecule has 0 heterocycles. The van der Waals surface area contributed by atoms with Gasteiger partial charge in [0.2, 0.25) is 0 Å². The molecule has 0 aliphatic rings. The zero-order valence-corrected chi connectivity index (χ0v) is 11.1. The van der Waals surface area contributed by atoms with Crippen LogP contribution in [-0.2, 0) is 0 Å². The maximum atomic E-state index is 5.44. The normalized spacial score (nSPS) is 9.50. The van der Waals surface area contributed by atoms with E-state index in [1.54, 1.807) is 39.0 Å². The second-order valence-corrected chi connectivity index (χ2v) is 4.05. The van der Waals surface area contributed by atoms with Gasteiger partial charge in [0.25, 0.3) is 0 Å². The Balaban J connectivity index is 3.06. The highest BCUT2D eigenvalue weighted by atomic mass is 16.5. The van der Waals surface area contributed by atoms with E-state index in [0.29, 0.717) is 34.5 Å². The lowest BCUT2D eigenvalue weighted by molar-refractivity contribution is 0.392. The Hall–Kier alpha value is -2.16. The summed E-state index contributed by atoms with van der Waals surface area (Å²) >= 11 is 0. The first-order valence-corrected chi connectivity index (χ1v) is 5.52. The average Bonchev–Trinajstić information content (AvgIpc) is 2.12. The van der Waals surface area contributed by atoms with Crippen LogP contribution in [0, 0.1) is 0 Å². The van der Waals surface area contributed by atoms with E-state index in [1.165, 1.54) is 0 Å². The summed E-state index contributed by atoms with van der Waals surface area (Å²) in [6, 6.07) is 5.23. The smallest absolute Gasteiger partial charge is 0.134 e. The molecule has 3 nitrogen and oxygen atoms in total. The Labute approximate surface area is 108 Å². The van der Waals surface area contributed by atoms with Crippen molar-refractivity contribution < 1.29 is 14.2 Å². The summed E-state index contributed by atoms with van der Waals surface area (Å²) in [5.41, 5.74) is 0. The number of benzene rings is 1. The molecular weight excluding hydrogens is 228 g/mol. The molecule has 0 aromatic heterocycles. The molecule has 1 aromatic rings. The fraction of sp³-hybridized carbons (Fsp3) is 0.200. The molecule has 1 aromatic carbocycles. The molecule has 96 valence electrons. The molecule has 0 bridgehead atoms. The van der Waals surface area contributed by atoms with E-state index >= 15 is 0 Å². The minimum absolute atomic E-state index is 0.587. The summed E-state index contributed by atoms with van der Waals surface area (Å²) in [5.74, 6) is 3.55. The van der Waals surface area contributed by atoms with E-state index in [4.69, 9.17) is 14.2 Å². The van der Waals surface area contributed by atoms with Gasteiger partial charge in [-0.1, -0.05) is 19.7 Å². The molecule has 0 fully saturated rings. The molecule has 0 aliphatic carbocycles. The average molecular weight is 246 g/mol. The van der Waals surface area contributed by atoms with Gasteiger partial charge in [0.1, 0.15) is 17.2 Å². The zero-order valence-electron chi connectivity index (χ0n) is 11.1. The van der Waals surface area contributed by atoms with Crippen LogP contribution in [0.3, 0.4) is 0 Å². The van der Waals surface area contributed by atoms with Crippen LogP contribution >= 0.6 is 0 Å². The summed E-state index contributed by atoms with van der Waals surface area (Å²) in [6.45, 7) is 16.4. The lowest BCUT2D eigenvalue weighted by atomic mass is 10.3. The zero-order chi connectivity index (χ0) is 13.7. The summed E-state index contributed by atoms with van der Waals surface area (Å²) in [5, 5.41) is 0. The predicted octanol–water partition coefficient (Wildman–Crippen LogP) is 4.42. The van der Waals surface area contributed by atoms with Crippen molar-refractivity contribution in [2.45, 2.75) is 20.8 Å². The summed E-state index contributed by atoms with van der Waals surface area (Å²) in [7, 11) is 0. The summed E-state index contributed by atoms with van der Waals surface area (Å²) < 4.78 is 16.3. The molecule has 0 saturated carbocycles. The maximum Gasteiger partial charge on any atom is 0.134 e. The van der Waals surface area contributed by atoms with Crippen LogP contribution in [0.4, 0.5) is 0 Å². The largest absolute Gasteiger partial charge is 0.462 e. The van der Waals surface area contributed by atoms with Crippen LogP contribution in [0.5, 0.6) is 17.2 Å². The van der Waals surface area contributed by atoms with E-state index in [1.807, 2.05) is 0 Å². The van der Waals surface area contributed by atoms with Crippen molar-refractivity contribution in [3.8, 4) is 17.2 Å². The fourth-order valence-corrected chi connectivity index (χ4v) is 1.33. The Bertz CT molecular complexity index is 403. The van der Waals surface area contributed by atoms with Gasteiger partial charge in [-0.25, -0.2) is 0 Å². The van der Waals surface area contributed by atoms with Crippen molar-refractivity contribution in [1.82, 2.24) is 0 Å². The van der Waals surface area contributed by atoms with Gasteiger partial charge in [0.05, 0.1) is 17.3 Å². The van der Waals surface area contributed by atoms with Gasteiger partial charge in [-0.2, -0.15) is 0 Å². The van der Waals surface area contributed by atoms with Gasteiger partial charge in [-0.3, -0.25) is 0 Å². The maximum absolute atomic E-state index is 5.44. The van der Waals surface area contributed by atoms with Crippen LogP contribution in [0.1, 0.15) is 20.8 Å². The molecule has 0 atom stereocenters. The highest BCUT2D eigenvalue weighted by Gasteiger charge is 2.06. The van der Waals surface area contributed by atoms with Crippen molar-refractivity contribution in [1.29, 1.82) is 0 Å². The van der Waals surface area contributed by atoms with E-state index in [2.05, 4.69) is 19.7 Å². The predicted molar refractivity (Wildman–Crippen MR) is 72.8 cm³/mol. The van der Waals surface area contributed by atoms with Crippen molar-refractivity contribution in [2.24, 2.45) is 0 Å². The van der Waals surface area contributed by atoms with Gasteiger partial charge in [-0.05, 0) is 20.8 Å². The lowest BCUT2D eigenvalue weighted by Crippen LogP contribution is -1.95. The molecule has 0 N–H and O–H groups in total. The minimum atomic E-state index is 0.587. The Kier molecular flexibility index (Phi) is 4.60. The number of ether oxygens (including phenoxy) is 3. The second kappa shape index (κ2) is 5.96. The lowest BCUT2D eigenvalue weighted by Gasteiger charge is -2.12. The van der Waals surface area contributed by atoms with Crippen molar-refractivity contribution >= 4 is 0 Å². The number of rotatable bonds is 6.